The predicted octanol–water partition coefficient (Wildman–Crippen LogP) is 4.40. The molecule has 0 aliphatic heterocycles. The number of furan rings is 1. The number of aryl methyl sites for hydroxylation is 2. The first-order chi connectivity index (χ1) is 12.5. The number of unbranched alkanes of at least 4 members (excludes halogenated alkanes) is 2. The van der Waals surface area contributed by atoms with Crippen LogP contribution in [0.1, 0.15) is 49.3 Å². The predicted molar refractivity (Wildman–Crippen MR) is 103 cm³/mol. The van der Waals surface area contributed by atoms with Crippen LogP contribution in [0.3, 0.4) is 0 Å². The molecule has 0 bridgehead atoms. The van der Waals surface area contributed by atoms with Gasteiger partial charge in [-0.25, -0.2) is 4.79 Å². The second-order valence-corrected chi connectivity index (χ2v) is 6.81. The Labute approximate surface area is 152 Å². The van der Waals surface area contributed by atoms with Gasteiger partial charge in [-0.15, -0.1) is 0 Å². The number of carbonyl (C=O) groups excluding carboxylic acids is 1. The van der Waals surface area contributed by atoms with Gasteiger partial charge in [0.15, 0.2) is 0 Å². The number of nitrogens with one attached hydrogen (secondary N) is 1. The Balaban J connectivity index is 1.82. The van der Waals surface area contributed by atoms with Crippen molar-refractivity contribution >= 4 is 27.8 Å². The van der Waals surface area contributed by atoms with Crippen molar-refractivity contribution in [2.45, 2.75) is 52.9 Å². The summed E-state index contributed by atoms with van der Waals surface area (Å²) in [4.78, 5) is 24.4. The summed E-state index contributed by atoms with van der Waals surface area (Å²) in [5, 5.41) is 4.81. The van der Waals surface area contributed by atoms with E-state index in [1.807, 2.05) is 19.9 Å². The van der Waals surface area contributed by atoms with E-state index < -0.39 is 0 Å². The van der Waals surface area contributed by atoms with E-state index in [9.17, 15) is 9.59 Å². The van der Waals surface area contributed by atoms with Crippen molar-refractivity contribution in [1.82, 2.24) is 5.32 Å². The minimum absolute atomic E-state index is 0.0267. The van der Waals surface area contributed by atoms with Gasteiger partial charge in [0.1, 0.15) is 11.2 Å². The highest BCUT2D eigenvalue weighted by Crippen LogP contribution is 2.28. The van der Waals surface area contributed by atoms with E-state index >= 15 is 0 Å². The first-order valence-corrected chi connectivity index (χ1v) is 9.22. The molecule has 5 nitrogen and oxygen atoms in total. The molecule has 3 rings (SSSR count). The molecule has 3 aromatic rings. The van der Waals surface area contributed by atoms with Crippen LogP contribution < -0.4 is 10.9 Å². The van der Waals surface area contributed by atoms with Crippen LogP contribution in [0.2, 0.25) is 0 Å². The van der Waals surface area contributed by atoms with E-state index in [4.69, 9.17) is 8.83 Å². The third-order valence-corrected chi connectivity index (χ3v) is 4.88. The van der Waals surface area contributed by atoms with E-state index in [1.165, 1.54) is 0 Å². The number of amides is 1. The molecule has 2 aromatic heterocycles. The molecule has 1 amide bonds. The molecule has 5 heteroatoms. The molecule has 0 radical (unpaired) electrons. The van der Waals surface area contributed by atoms with Crippen LogP contribution in [-0.4, -0.2) is 12.5 Å². The zero-order valence-electron chi connectivity index (χ0n) is 15.6. The van der Waals surface area contributed by atoms with E-state index in [1.54, 1.807) is 12.3 Å². The quantitative estimate of drug-likeness (QED) is 0.504. The van der Waals surface area contributed by atoms with Crippen molar-refractivity contribution in [2.75, 3.05) is 6.54 Å². The van der Waals surface area contributed by atoms with Crippen molar-refractivity contribution in [3.05, 3.63) is 45.5 Å². The summed E-state index contributed by atoms with van der Waals surface area (Å²) in [6.45, 7) is 6.71. The van der Waals surface area contributed by atoms with Gasteiger partial charge in [0, 0.05) is 35.4 Å². The van der Waals surface area contributed by atoms with Crippen LogP contribution in [0.4, 0.5) is 0 Å². The lowest BCUT2D eigenvalue weighted by Crippen LogP contribution is -2.25. The molecule has 0 spiro atoms. The zero-order valence-corrected chi connectivity index (χ0v) is 15.6. The maximum Gasteiger partial charge on any atom is 0.339 e. The Morgan fingerprint density at radius 3 is 2.69 bits per heavy atom. The standard InChI is InChI=1S/C21H25NO4/c1-4-5-6-9-22-20(23)8-7-15-14(3)17-10-16-13(2)12-25-18(16)11-19(17)26-21(15)24/h10-12H,4-9H2,1-3H3,(H,22,23). The highest BCUT2D eigenvalue weighted by molar-refractivity contribution is 5.96. The summed E-state index contributed by atoms with van der Waals surface area (Å²) in [5.41, 5.74) is 3.33. The third kappa shape index (κ3) is 3.66. The fraction of sp³-hybridized carbons (Fsp3) is 0.429. The summed E-state index contributed by atoms with van der Waals surface area (Å²) in [6.07, 6.45) is 5.58. The Kier molecular flexibility index (Phi) is 5.45. The first-order valence-electron chi connectivity index (χ1n) is 9.22. The topological polar surface area (TPSA) is 72.5 Å². The number of rotatable bonds is 7. The molecule has 26 heavy (non-hydrogen) atoms. The van der Waals surface area contributed by atoms with E-state index in [0.717, 1.165) is 41.2 Å². The van der Waals surface area contributed by atoms with Crippen molar-refractivity contribution in [1.29, 1.82) is 0 Å². The van der Waals surface area contributed by atoms with Crippen LogP contribution in [0.5, 0.6) is 0 Å². The highest BCUT2D eigenvalue weighted by Gasteiger charge is 2.15. The lowest BCUT2D eigenvalue weighted by Gasteiger charge is -2.08. The molecule has 0 aliphatic carbocycles. The fourth-order valence-corrected chi connectivity index (χ4v) is 3.26. The highest BCUT2D eigenvalue weighted by atomic mass is 16.4. The number of benzene rings is 1. The van der Waals surface area contributed by atoms with Gasteiger partial charge in [-0.05, 0) is 43.9 Å². The molecular weight excluding hydrogens is 330 g/mol. The summed E-state index contributed by atoms with van der Waals surface area (Å²) in [7, 11) is 0. The molecule has 1 aromatic carbocycles. The maximum absolute atomic E-state index is 12.4. The Morgan fingerprint density at radius 1 is 1.12 bits per heavy atom. The molecule has 0 saturated carbocycles. The monoisotopic (exact) mass is 355 g/mol. The lowest BCUT2D eigenvalue weighted by atomic mass is 10.0. The summed E-state index contributed by atoms with van der Waals surface area (Å²) in [5.74, 6) is -0.0267. The van der Waals surface area contributed by atoms with Crippen LogP contribution in [0.15, 0.2) is 32.0 Å². The SMILES string of the molecule is CCCCCNC(=O)CCc1c(C)c2cc3c(C)coc3cc2oc1=O. The Bertz CT molecular complexity index is 997. The molecule has 1 N–H and O–H groups in total. The Morgan fingerprint density at radius 2 is 1.92 bits per heavy atom. The number of hydrogen-bond acceptors (Lipinski definition) is 4. The minimum Gasteiger partial charge on any atom is -0.464 e. The van der Waals surface area contributed by atoms with Crippen LogP contribution in [-0.2, 0) is 11.2 Å². The average Bonchev–Trinajstić information content (AvgIpc) is 2.97. The number of fused-ring (bicyclic) bond motifs is 2. The van der Waals surface area contributed by atoms with Crippen LogP contribution in [0.25, 0.3) is 21.9 Å². The number of carbonyl (C=O) groups is 1. The number of hydrogen-bond donors (Lipinski definition) is 1. The smallest absolute Gasteiger partial charge is 0.339 e. The molecule has 0 fully saturated rings. The van der Waals surface area contributed by atoms with Gasteiger partial charge in [-0.3, -0.25) is 4.79 Å². The summed E-state index contributed by atoms with van der Waals surface area (Å²) >= 11 is 0. The van der Waals surface area contributed by atoms with E-state index in [2.05, 4.69) is 12.2 Å². The molecule has 0 saturated heterocycles. The first kappa shape index (κ1) is 18.2. The molecule has 0 unspecified atom stereocenters. The van der Waals surface area contributed by atoms with Gasteiger partial charge in [0.2, 0.25) is 5.91 Å². The van der Waals surface area contributed by atoms with Gasteiger partial charge in [0.05, 0.1) is 6.26 Å². The van der Waals surface area contributed by atoms with Crippen molar-refractivity contribution in [3.63, 3.8) is 0 Å². The van der Waals surface area contributed by atoms with Crippen molar-refractivity contribution in [2.24, 2.45) is 0 Å². The van der Waals surface area contributed by atoms with Gasteiger partial charge in [-0.2, -0.15) is 0 Å². The molecule has 0 aliphatic rings. The van der Waals surface area contributed by atoms with E-state index in [-0.39, 0.29) is 18.0 Å². The third-order valence-electron chi connectivity index (χ3n) is 4.88. The zero-order chi connectivity index (χ0) is 18.7. The minimum atomic E-state index is -0.378. The van der Waals surface area contributed by atoms with E-state index in [0.29, 0.717) is 29.7 Å². The Hall–Kier alpha value is -2.56. The lowest BCUT2D eigenvalue weighted by molar-refractivity contribution is -0.121. The van der Waals surface area contributed by atoms with Gasteiger partial charge < -0.3 is 14.2 Å². The fourth-order valence-electron chi connectivity index (χ4n) is 3.26. The van der Waals surface area contributed by atoms with Crippen LogP contribution >= 0.6 is 0 Å². The summed E-state index contributed by atoms with van der Waals surface area (Å²) < 4.78 is 11.0. The average molecular weight is 355 g/mol. The second-order valence-electron chi connectivity index (χ2n) is 6.81. The molecular formula is C21H25NO4. The second kappa shape index (κ2) is 7.77. The van der Waals surface area contributed by atoms with Crippen molar-refractivity contribution < 1.29 is 13.6 Å². The normalized spacial score (nSPS) is 11.3. The van der Waals surface area contributed by atoms with Gasteiger partial charge in [0.25, 0.3) is 0 Å². The van der Waals surface area contributed by atoms with Gasteiger partial charge in [-0.1, -0.05) is 19.8 Å². The van der Waals surface area contributed by atoms with Crippen molar-refractivity contribution in [3.8, 4) is 0 Å². The van der Waals surface area contributed by atoms with Gasteiger partial charge >= 0.3 is 5.63 Å². The molecule has 0 atom stereocenters. The van der Waals surface area contributed by atoms with Crippen LogP contribution in [0, 0.1) is 13.8 Å². The summed E-state index contributed by atoms with van der Waals surface area (Å²) in [6, 6.07) is 3.76. The molecule has 2 heterocycles. The molecule has 138 valence electrons. The maximum atomic E-state index is 12.4. The largest absolute Gasteiger partial charge is 0.464 e.